The van der Waals surface area contributed by atoms with E-state index in [4.69, 9.17) is 4.74 Å². The summed E-state index contributed by atoms with van der Waals surface area (Å²) in [7, 11) is 6.96. The standard InChI is InChI=1S/C19H29F3N2O3.C17H25F3N2O3/c1-7-27-17(26)15(11-18(2,3)4)24-12-13(8-9-23(5)6)14(10-16(24)25)19(20,21)22;1-16(2,3)9-13(15(24)25)22-10-11(6-7-21(4)5)12(8-14(22)23)17(18,19)20/h10,12,15H,7-9,11H2,1-6H3;8,10,13H,6-7,9H2,1-5H3,(H,24,25). The highest BCUT2D eigenvalue weighted by Gasteiger charge is 2.37. The summed E-state index contributed by atoms with van der Waals surface area (Å²) < 4.78 is 86.9. The zero-order valence-electron chi connectivity index (χ0n) is 32.0. The number of aromatic nitrogens is 2. The van der Waals surface area contributed by atoms with Crippen molar-refractivity contribution in [1.82, 2.24) is 18.9 Å². The Morgan fingerprint density at radius 1 is 0.712 bits per heavy atom. The van der Waals surface area contributed by atoms with Crippen molar-refractivity contribution < 1.29 is 45.8 Å². The van der Waals surface area contributed by atoms with Crippen LogP contribution in [0.15, 0.2) is 34.1 Å². The van der Waals surface area contributed by atoms with Crippen molar-refractivity contribution in [2.24, 2.45) is 10.8 Å². The molecule has 0 aromatic carbocycles. The molecule has 2 aromatic rings. The average Bonchev–Trinajstić information content (AvgIpc) is 2.95. The SMILES string of the molecule is CCOC(=O)C(CC(C)(C)C)n1cc(CCN(C)C)c(C(F)(F)F)cc1=O.CN(C)CCc1cn(C(CC(C)(C)C)C(=O)O)c(=O)cc1C(F)(F)F. The summed E-state index contributed by atoms with van der Waals surface area (Å²) in [5.41, 5.74) is -4.62. The molecule has 0 amide bonds. The number of carboxylic acid groups (broad SMARTS) is 1. The van der Waals surface area contributed by atoms with Crippen LogP contribution < -0.4 is 11.1 Å². The summed E-state index contributed by atoms with van der Waals surface area (Å²) in [5, 5.41) is 9.46. The number of rotatable bonds is 13. The molecule has 2 aromatic heterocycles. The molecule has 2 unspecified atom stereocenters. The monoisotopic (exact) mass is 752 g/mol. The summed E-state index contributed by atoms with van der Waals surface area (Å²) >= 11 is 0. The third-order valence-electron chi connectivity index (χ3n) is 7.72. The quantitative estimate of drug-likeness (QED) is 0.181. The number of carbonyl (C=O) groups is 2. The number of alkyl halides is 6. The molecule has 0 spiro atoms. The molecule has 0 saturated heterocycles. The lowest BCUT2D eigenvalue weighted by molar-refractivity contribution is -0.148. The van der Waals surface area contributed by atoms with Gasteiger partial charge in [0.2, 0.25) is 0 Å². The number of nitrogens with zero attached hydrogens (tertiary/aromatic N) is 4. The summed E-state index contributed by atoms with van der Waals surface area (Å²) in [6, 6.07) is -1.10. The van der Waals surface area contributed by atoms with E-state index >= 15 is 0 Å². The first-order chi connectivity index (χ1) is 23.5. The van der Waals surface area contributed by atoms with E-state index in [1.165, 1.54) is 6.20 Å². The van der Waals surface area contributed by atoms with Crippen molar-refractivity contribution in [3.8, 4) is 0 Å². The van der Waals surface area contributed by atoms with Crippen LogP contribution in [-0.4, -0.2) is 83.9 Å². The number of carboxylic acids is 1. The molecule has 2 atom stereocenters. The van der Waals surface area contributed by atoms with E-state index in [0.29, 0.717) is 25.2 Å². The first-order valence-electron chi connectivity index (χ1n) is 16.8. The third-order valence-corrected chi connectivity index (χ3v) is 7.72. The zero-order valence-corrected chi connectivity index (χ0v) is 32.0. The highest BCUT2D eigenvalue weighted by Crippen LogP contribution is 2.35. The highest BCUT2D eigenvalue weighted by molar-refractivity contribution is 5.74. The number of carbonyl (C=O) groups excluding carboxylic acids is 1. The fourth-order valence-corrected chi connectivity index (χ4v) is 5.28. The minimum absolute atomic E-state index is 0.0148. The topological polar surface area (TPSA) is 114 Å². The summed E-state index contributed by atoms with van der Waals surface area (Å²) in [5.74, 6) is -1.86. The second kappa shape index (κ2) is 18.4. The average molecular weight is 753 g/mol. The zero-order chi connectivity index (χ0) is 40.6. The third kappa shape index (κ3) is 15.1. The Kier molecular flexibility index (Phi) is 16.4. The fourth-order valence-electron chi connectivity index (χ4n) is 5.28. The van der Waals surface area contributed by atoms with Gasteiger partial charge in [0.15, 0.2) is 0 Å². The van der Waals surface area contributed by atoms with Crippen molar-refractivity contribution in [1.29, 1.82) is 0 Å². The minimum Gasteiger partial charge on any atom is -0.480 e. The van der Waals surface area contributed by atoms with Crippen molar-refractivity contribution in [2.45, 2.75) is 98.6 Å². The van der Waals surface area contributed by atoms with Crippen LogP contribution in [-0.2, 0) is 39.5 Å². The molecule has 0 bridgehead atoms. The number of pyridine rings is 2. The fraction of sp³-hybridized carbons (Fsp3) is 0.667. The Morgan fingerprint density at radius 2 is 1.06 bits per heavy atom. The molecule has 0 radical (unpaired) electrons. The van der Waals surface area contributed by atoms with E-state index in [-0.39, 0.29) is 48.8 Å². The first kappa shape index (κ1) is 46.4. The predicted molar refractivity (Wildman–Crippen MR) is 186 cm³/mol. The molecular weight excluding hydrogens is 698 g/mol. The van der Waals surface area contributed by atoms with Gasteiger partial charge in [0.05, 0.1) is 17.7 Å². The second-order valence-electron chi connectivity index (χ2n) is 15.7. The smallest absolute Gasteiger partial charge is 0.416 e. The first-order valence-corrected chi connectivity index (χ1v) is 16.8. The molecule has 2 heterocycles. The number of ether oxygens (including phenoxy) is 1. The van der Waals surface area contributed by atoms with Crippen molar-refractivity contribution >= 4 is 11.9 Å². The van der Waals surface area contributed by atoms with Gasteiger partial charge in [-0.05, 0) is 82.8 Å². The van der Waals surface area contributed by atoms with Gasteiger partial charge in [-0.3, -0.25) is 9.59 Å². The van der Waals surface area contributed by atoms with Crippen LogP contribution in [0.3, 0.4) is 0 Å². The van der Waals surface area contributed by atoms with E-state index < -0.39 is 64.0 Å². The second-order valence-corrected chi connectivity index (χ2v) is 15.7. The van der Waals surface area contributed by atoms with Gasteiger partial charge in [0, 0.05) is 37.6 Å². The Balaban J connectivity index is 0.000000522. The molecule has 10 nitrogen and oxygen atoms in total. The number of aliphatic carboxylic acids is 1. The lowest BCUT2D eigenvalue weighted by Crippen LogP contribution is -2.35. The number of likely N-dealkylation sites (N-methyl/N-ethyl adjacent to an activating group) is 2. The van der Waals surface area contributed by atoms with Gasteiger partial charge in [0.25, 0.3) is 11.1 Å². The van der Waals surface area contributed by atoms with Crippen LogP contribution in [0.25, 0.3) is 0 Å². The van der Waals surface area contributed by atoms with E-state index in [1.54, 1.807) is 44.9 Å². The molecule has 16 heteroatoms. The van der Waals surface area contributed by atoms with Crippen molar-refractivity contribution in [3.63, 3.8) is 0 Å². The summed E-state index contributed by atoms with van der Waals surface area (Å²) in [6.07, 6.45) is -6.52. The Bertz CT molecular complexity index is 1620. The molecule has 0 saturated carbocycles. The van der Waals surface area contributed by atoms with E-state index in [1.807, 2.05) is 41.5 Å². The number of hydrogen-bond acceptors (Lipinski definition) is 7. The van der Waals surface area contributed by atoms with Gasteiger partial charge >= 0.3 is 24.3 Å². The Morgan fingerprint density at radius 3 is 1.35 bits per heavy atom. The lowest BCUT2D eigenvalue weighted by Gasteiger charge is -2.27. The molecule has 0 aliphatic carbocycles. The molecule has 52 heavy (non-hydrogen) atoms. The molecule has 2 rings (SSSR count). The summed E-state index contributed by atoms with van der Waals surface area (Å²) in [6.45, 7) is 13.6. The van der Waals surface area contributed by atoms with Gasteiger partial charge in [-0.15, -0.1) is 0 Å². The molecule has 1 N–H and O–H groups in total. The van der Waals surface area contributed by atoms with Crippen LogP contribution in [0.2, 0.25) is 0 Å². The molecule has 0 fully saturated rings. The maximum Gasteiger partial charge on any atom is 0.416 e. The summed E-state index contributed by atoms with van der Waals surface area (Å²) in [4.78, 5) is 52.2. The van der Waals surface area contributed by atoms with Crippen molar-refractivity contribution in [3.05, 3.63) is 67.5 Å². The maximum atomic E-state index is 13.4. The van der Waals surface area contributed by atoms with Gasteiger partial charge in [-0.2, -0.15) is 26.3 Å². The van der Waals surface area contributed by atoms with Crippen LogP contribution in [0.4, 0.5) is 26.3 Å². The van der Waals surface area contributed by atoms with Gasteiger partial charge < -0.3 is 28.8 Å². The highest BCUT2D eigenvalue weighted by atomic mass is 19.4. The number of hydrogen-bond donors (Lipinski definition) is 1. The number of esters is 1. The predicted octanol–water partition coefficient (Wildman–Crippen LogP) is 6.54. The van der Waals surface area contributed by atoms with E-state index in [2.05, 4.69) is 0 Å². The molecule has 0 aliphatic heterocycles. The minimum atomic E-state index is -4.66. The van der Waals surface area contributed by atoms with Crippen LogP contribution >= 0.6 is 0 Å². The molecule has 0 aliphatic rings. The van der Waals surface area contributed by atoms with Crippen LogP contribution in [0.1, 0.15) is 95.6 Å². The van der Waals surface area contributed by atoms with E-state index in [9.17, 15) is 50.6 Å². The van der Waals surface area contributed by atoms with Crippen molar-refractivity contribution in [2.75, 3.05) is 47.9 Å². The van der Waals surface area contributed by atoms with Gasteiger partial charge in [-0.1, -0.05) is 41.5 Å². The molecule has 296 valence electrons. The van der Waals surface area contributed by atoms with E-state index in [0.717, 1.165) is 15.3 Å². The van der Waals surface area contributed by atoms with Gasteiger partial charge in [-0.25, -0.2) is 9.59 Å². The maximum absolute atomic E-state index is 13.4. The van der Waals surface area contributed by atoms with Gasteiger partial charge in [0.1, 0.15) is 12.1 Å². The number of halogens is 6. The van der Waals surface area contributed by atoms with Crippen LogP contribution in [0.5, 0.6) is 0 Å². The largest absolute Gasteiger partial charge is 0.480 e. The normalized spacial score (nSPS) is 13.8. The Labute approximate surface area is 301 Å². The van der Waals surface area contributed by atoms with Crippen LogP contribution in [0, 0.1) is 10.8 Å². The lowest BCUT2D eigenvalue weighted by atomic mass is 9.87. The Hall–Kier alpha value is -3.66. The molecular formula is C36H54F6N4O6.